The highest BCUT2D eigenvalue weighted by molar-refractivity contribution is 7.80. The molecule has 19 heavy (non-hydrogen) atoms. The highest BCUT2D eigenvalue weighted by Gasteiger charge is 2.28. The van der Waals surface area contributed by atoms with Crippen LogP contribution >= 0.6 is 12.2 Å². The molecule has 1 atom stereocenters. The molecular weight excluding hydrogens is 260 g/mol. The molecule has 1 amide bonds. The molecule has 1 aliphatic heterocycles. The van der Waals surface area contributed by atoms with E-state index in [4.69, 9.17) is 22.7 Å². The van der Waals surface area contributed by atoms with Crippen molar-refractivity contribution in [3.63, 3.8) is 0 Å². The second-order valence-electron chi connectivity index (χ2n) is 4.60. The summed E-state index contributed by atoms with van der Waals surface area (Å²) in [5.41, 5.74) is 5.70. The van der Waals surface area contributed by atoms with Crippen LogP contribution in [0.1, 0.15) is 19.3 Å². The van der Waals surface area contributed by atoms with Crippen molar-refractivity contribution in [1.82, 2.24) is 4.90 Å². The summed E-state index contributed by atoms with van der Waals surface area (Å²) in [7, 11) is 0. The van der Waals surface area contributed by atoms with E-state index in [1.54, 1.807) is 4.90 Å². The number of benzene rings is 1. The van der Waals surface area contributed by atoms with Gasteiger partial charge in [0, 0.05) is 6.54 Å². The number of likely N-dealkylation sites (tertiary alicyclic amines) is 1. The average molecular weight is 278 g/mol. The maximum atomic E-state index is 12.2. The van der Waals surface area contributed by atoms with E-state index < -0.39 is 0 Å². The number of piperidine rings is 1. The van der Waals surface area contributed by atoms with Gasteiger partial charge in [0.25, 0.3) is 5.91 Å². The van der Waals surface area contributed by atoms with Gasteiger partial charge < -0.3 is 15.4 Å². The highest BCUT2D eigenvalue weighted by Crippen LogP contribution is 2.18. The molecule has 1 aliphatic rings. The van der Waals surface area contributed by atoms with Gasteiger partial charge >= 0.3 is 0 Å². The molecular formula is C14H18N2O2S. The number of thiocarbonyl (C=S) groups is 1. The molecule has 0 radical (unpaired) electrons. The van der Waals surface area contributed by atoms with Gasteiger partial charge in [-0.1, -0.05) is 30.4 Å². The normalized spacial score (nSPS) is 18.9. The van der Waals surface area contributed by atoms with Crippen molar-refractivity contribution in [2.45, 2.75) is 25.3 Å². The van der Waals surface area contributed by atoms with Crippen LogP contribution in [-0.4, -0.2) is 35.0 Å². The van der Waals surface area contributed by atoms with Crippen molar-refractivity contribution >= 4 is 23.1 Å². The molecule has 1 aromatic rings. The van der Waals surface area contributed by atoms with Crippen LogP contribution in [0, 0.1) is 0 Å². The summed E-state index contributed by atoms with van der Waals surface area (Å²) in [5.74, 6) is 0.640. The number of amides is 1. The molecule has 4 nitrogen and oxygen atoms in total. The minimum atomic E-state index is -0.115. The van der Waals surface area contributed by atoms with Crippen molar-refractivity contribution < 1.29 is 9.53 Å². The van der Waals surface area contributed by atoms with Crippen molar-refractivity contribution in [1.29, 1.82) is 0 Å². The molecule has 1 aromatic carbocycles. The van der Waals surface area contributed by atoms with Crippen molar-refractivity contribution in [3.05, 3.63) is 30.3 Å². The largest absolute Gasteiger partial charge is 0.484 e. The number of nitrogens with two attached hydrogens (primary N) is 1. The van der Waals surface area contributed by atoms with Gasteiger partial charge in [-0.2, -0.15) is 0 Å². The molecule has 0 aromatic heterocycles. The molecule has 1 saturated heterocycles. The van der Waals surface area contributed by atoms with Crippen molar-refractivity contribution in [2.24, 2.45) is 5.73 Å². The first-order valence-corrected chi connectivity index (χ1v) is 6.86. The minimum absolute atomic E-state index is 0.0309. The van der Waals surface area contributed by atoms with Gasteiger partial charge in [0.15, 0.2) is 6.61 Å². The van der Waals surface area contributed by atoms with Gasteiger partial charge in [0.2, 0.25) is 0 Å². The Hall–Kier alpha value is -1.62. The highest BCUT2D eigenvalue weighted by atomic mass is 32.1. The van der Waals surface area contributed by atoms with E-state index in [0.29, 0.717) is 17.3 Å². The first-order chi connectivity index (χ1) is 9.18. The maximum Gasteiger partial charge on any atom is 0.261 e. The zero-order chi connectivity index (χ0) is 13.7. The Morgan fingerprint density at radius 2 is 2.11 bits per heavy atom. The summed E-state index contributed by atoms with van der Waals surface area (Å²) in [6.45, 7) is 0.738. The molecule has 102 valence electrons. The SMILES string of the molecule is NC(=S)C1CCCCN1C(=O)COc1ccccc1. The third-order valence-corrected chi connectivity index (χ3v) is 3.53. The lowest BCUT2D eigenvalue weighted by Crippen LogP contribution is -2.51. The third-order valence-electron chi connectivity index (χ3n) is 3.26. The lowest BCUT2D eigenvalue weighted by Gasteiger charge is -2.34. The zero-order valence-electron chi connectivity index (χ0n) is 10.7. The number of para-hydroxylation sites is 1. The van der Waals surface area contributed by atoms with E-state index in [-0.39, 0.29) is 18.6 Å². The minimum Gasteiger partial charge on any atom is -0.484 e. The van der Waals surface area contributed by atoms with Gasteiger partial charge in [-0.05, 0) is 31.4 Å². The van der Waals surface area contributed by atoms with Gasteiger partial charge in [-0.15, -0.1) is 0 Å². The van der Waals surface area contributed by atoms with Crippen molar-refractivity contribution in [2.75, 3.05) is 13.2 Å². The Morgan fingerprint density at radius 1 is 1.37 bits per heavy atom. The molecule has 1 fully saturated rings. The van der Waals surface area contributed by atoms with Crippen LogP contribution in [0.25, 0.3) is 0 Å². The number of hydrogen-bond acceptors (Lipinski definition) is 3. The number of carbonyl (C=O) groups is 1. The van der Waals surface area contributed by atoms with Crippen LogP contribution in [0.4, 0.5) is 0 Å². The van der Waals surface area contributed by atoms with E-state index in [1.807, 2.05) is 30.3 Å². The third kappa shape index (κ3) is 3.67. The Morgan fingerprint density at radius 3 is 2.79 bits per heavy atom. The number of hydrogen-bond donors (Lipinski definition) is 1. The van der Waals surface area contributed by atoms with Gasteiger partial charge in [-0.25, -0.2) is 0 Å². The number of nitrogens with zero attached hydrogens (tertiary/aromatic N) is 1. The number of carbonyl (C=O) groups excluding carboxylic acids is 1. The first kappa shape index (κ1) is 13.8. The van der Waals surface area contributed by atoms with Crippen LogP contribution < -0.4 is 10.5 Å². The maximum absolute atomic E-state index is 12.2. The van der Waals surface area contributed by atoms with E-state index in [0.717, 1.165) is 19.3 Å². The van der Waals surface area contributed by atoms with Crippen molar-refractivity contribution in [3.8, 4) is 5.75 Å². The summed E-state index contributed by atoms with van der Waals surface area (Å²) in [6, 6.07) is 9.19. The summed E-state index contributed by atoms with van der Waals surface area (Å²) in [4.78, 5) is 14.3. The fourth-order valence-corrected chi connectivity index (χ4v) is 2.52. The second-order valence-corrected chi connectivity index (χ2v) is 5.07. The average Bonchev–Trinajstić information content (AvgIpc) is 2.46. The molecule has 2 N–H and O–H groups in total. The smallest absolute Gasteiger partial charge is 0.261 e. The molecule has 0 spiro atoms. The number of rotatable bonds is 4. The molecule has 0 saturated carbocycles. The summed E-state index contributed by atoms with van der Waals surface area (Å²) >= 11 is 5.03. The van der Waals surface area contributed by atoms with E-state index in [2.05, 4.69) is 0 Å². The van der Waals surface area contributed by atoms with E-state index >= 15 is 0 Å². The Balaban J connectivity index is 1.93. The van der Waals surface area contributed by atoms with E-state index in [9.17, 15) is 4.79 Å². The summed E-state index contributed by atoms with van der Waals surface area (Å²) in [6.07, 6.45) is 2.91. The molecule has 0 aliphatic carbocycles. The van der Waals surface area contributed by atoms with E-state index in [1.165, 1.54) is 0 Å². The Labute approximate surface area is 118 Å². The predicted octanol–water partition coefficient (Wildman–Crippen LogP) is 1.73. The summed E-state index contributed by atoms with van der Waals surface area (Å²) in [5, 5.41) is 0. The Kier molecular flexibility index (Phi) is 4.74. The van der Waals surface area contributed by atoms with Gasteiger partial charge in [0.1, 0.15) is 5.75 Å². The predicted molar refractivity (Wildman–Crippen MR) is 78.1 cm³/mol. The lowest BCUT2D eigenvalue weighted by molar-refractivity contribution is -0.135. The van der Waals surface area contributed by atoms with Crippen LogP contribution in [0.15, 0.2) is 30.3 Å². The van der Waals surface area contributed by atoms with Gasteiger partial charge in [0.05, 0.1) is 11.0 Å². The van der Waals surface area contributed by atoms with Crippen LogP contribution in [0.5, 0.6) is 5.75 Å². The fourth-order valence-electron chi connectivity index (χ4n) is 2.27. The zero-order valence-corrected chi connectivity index (χ0v) is 11.6. The lowest BCUT2D eigenvalue weighted by atomic mass is 10.0. The molecule has 5 heteroatoms. The van der Waals surface area contributed by atoms with Crippen LogP contribution in [0.3, 0.4) is 0 Å². The van der Waals surface area contributed by atoms with Crippen LogP contribution in [-0.2, 0) is 4.79 Å². The standard InChI is InChI=1S/C14H18N2O2S/c15-14(19)12-8-4-5-9-16(12)13(17)10-18-11-6-2-1-3-7-11/h1-3,6-7,12H,4-5,8-10H2,(H2,15,19). The fraction of sp³-hybridized carbons (Fsp3) is 0.429. The summed E-state index contributed by atoms with van der Waals surface area (Å²) < 4.78 is 5.47. The van der Waals surface area contributed by atoms with Gasteiger partial charge in [-0.3, -0.25) is 4.79 Å². The first-order valence-electron chi connectivity index (χ1n) is 6.45. The quantitative estimate of drug-likeness (QED) is 0.852. The second kappa shape index (κ2) is 6.52. The molecule has 1 heterocycles. The number of ether oxygens (including phenoxy) is 1. The van der Waals surface area contributed by atoms with Crippen LogP contribution in [0.2, 0.25) is 0 Å². The topological polar surface area (TPSA) is 55.6 Å². The molecule has 1 unspecified atom stereocenters. The molecule has 2 rings (SSSR count). The Bertz CT molecular complexity index is 450. The monoisotopic (exact) mass is 278 g/mol. The molecule has 0 bridgehead atoms.